The molecule has 0 bridgehead atoms. The van der Waals surface area contributed by atoms with Crippen LogP contribution in [-0.4, -0.2) is 61.1 Å². The van der Waals surface area contributed by atoms with Crippen LogP contribution in [0.4, 0.5) is 4.79 Å². The molecule has 0 radical (unpaired) electrons. The molecule has 0 heterocycles. The van der Waals surface area contributed by atoms with Crippen LogP contribution < -0.4 is 10.6 Å². The quantitative estimate of drug-likeness (QED) is 0.618. The third-order valence-electron chi connectivity index (χ3n) is 4.12. The first kappa shape index (κ1) is 24.9. The van der Waals surface area contributed by atoms with Crippen LogP contribution in [0.15, 0.2) is 24.3 Å². The molecule has 1 aromatic rings. The number of rotatable bonds is 8. The molecular formula is C21H31N3O6. The van der Waals surface area contributed by atoms with E-state index in [0.717, 1.165) is 5.56 Å². The lowest BCUT2D eigenvalue weighted by atomic mass is 9.99. The minimum absolute atomic E-state index is 0.208. The minimum Gasteiger partial charge on any atom is -0.468 e. The van der Waals surface area contributed by atoms with E-state index >= 15 is 0 Å². The molecule has 1 unspecified atom stereocenters. The molecule has 0 aliphatic heterocycles. The van der Waals surface area contributed by atoms with Crippen LogP contribution in [0.25, 0.3) is 0 Å². The van der Waals surface area contributed by atoms with Crippen LogP contribution in [-0.2, 0) is 23.9 Å². The molecule has 166 valence electrons. The SMILES string of the molecule is CCN(C(=O)CNC(=O)OC(C)(C)C)C(C(=O)NCC(=O)OC)c1ccccc1C. The number of aryl methyl sites for hydroxylation is 1. The van der Waals surface area contributed by atoms with Crippen molar-refractivity contribution in [2.45, 2.75) is 46.3 Å². The first-order valence-corrected chi connectivity index (χ1v) is 9.66. The number of carbonyl (C=O) groups excluding carboxylic acids is 4. The number of amides is 3. The monoisotopic (exact) mass is 421 g/mol. The first-order chi connectivity index (χ1) is 14.0. The van der Waals surface area contributed by atoms with Crippen LogP contribution in [0, 0.1) is 6.92 Å². The van der Waals surface area contributed by atoms with E-state index in [-0.39, 0.29) is 19.6 Å². The number of methoxy groups -OCH3 is 1. The Balaban J connectivity index is 3.06. The van der Waals surface area contributed by atoms with Crippen molar-refractivity contribution < 1.29 is 28.7 Å². The van der Waals surface area contributed by atoms with Gasteiger partial charge in [0.15, 0.2) is 0 Å². The zero-order chi connectivity index (χ0) is 22.9. The van der Waals surface area contributed by atoms with Crippen LogP contribution in [0.3, 0.4) is 0 Å². The molecule has 0 spiro atoms. The van der Waals surface area contributed by atoms with Crippen molar-refractivity contribution in [3.8, 4) is 0 Å². The van der Waals surface area contributed by atoms with Crippen molar-refractivity contribution >= 4 is 23.9 Å². The Morgan fingerprint density at radius 1 is 1.07 bits per heavy atom. The summed E-state index contributed by atoms with van der Waals surface area (Å²) in [4.78, 5) is 50.4. The molecule has 9 heteroatoms. The van der Waals surface area contributed by atoms with Gasteiger partial charge in [0.2, 0.25) is 11.8 Å². The molecule has 0 saturated heterocycles. The summed E-state index contributed by atoms with van der Waals surface area (Å²) in [5.41, 5.74) is 0.726. The Kier molecular flexibility index (Phi) is 9.29. The van der Waals surface area contributed by atoms with Crippen molar-refractivity contribution in [3.63, 3.8) is 0 Å². The molecule has 3 amide bonds. The lowest BCUT2D eigenvalue weighted by molar-refractivity contribution is -0.143. The Bertz CT molecular complexity index is 772. The van der Waals surface area contributed by atoms with Gasteiger partial charge in [-0.3, -0.25) is 14.4 Å². The van der Waals surface area contributed by atoms with Crippen LogP contribution in [0.5, 0.6) is 0 Å². The second kappa shape index (κ2) is 11.2. The van der Waals surface area contributed by atoms with Gasteiger partial charge in [-0.15, -0.1) is 0 Å². The van der Waals surface area contributed by atoms with E-state index < -0.39 is 35.5 Å². The second-order valence-corrected chi connectivity index (χ2v) is 7.59. The highest BCUT2D eigenvalue weighted by atomic mass is 16.6. The normalized spacial score (nSPS) is 11.8. The summed E-state index contributed by atoms with van der Waals surface area (Å²) in [7, 11) is 1.22. The maximum absolute atomic E-state index is 12.9. The highest BCUT2D eigenvalue weighted by Crippen LogP contribution is 2.24. The maximum Gasteiger partial charge on any atom is 0.408 e. The second-order valence-electron chi connectivity index (χ2n) is 7.59. The van der Waals surface area contributed by atoms with Gasteiger partial charge < -0.3 is 25.0 Å². The van der Waals surface area contributed by atoms with E-state index in [1.807, 2.05) is 19.1 Å². The van der Waals surface area contributed by atoms with Gasteiger partial charge in [-0.25, -0.2) is 4.79 Å². The molecule has 1 atom stereocenters. The summed E-state index contributed by atoms with van der Waals surface area (Å²) in [5.74, 6) is -1.60. The number of ether oxygens (including phenoxy) is 2. The average molecular weight is 421 g/mol. The molecule has 0 saturated carbocycles. The van der Waals surface area contributed by atoms with E-state index in [4.69, 9.17) is 4.74 Å². The summed E-state index contributed by atoms with van der Waals surface area (Å²) in [6, 6.07) is 6.18. The van der Waals surface area contributed by atoms with Crippen LogP contribution in [0.1, 0.15) is 44.9 Å². The predicted octanol–water partition coefficient (Wildman–Crippen LogP) is 1.70. The number of alkyl carbamates (subject to hydrolysis) is 1. The zero-order valence-corrected chi connectivity index (χ0v) is 18.4. The number of hydrogen-bond acceptors (Lipinski definition) is 6. The van der Waals surface area contributed by atoms with E-state index in [2.05, 4.69) is 15.4 Å². The number of likely N-dealkylation sites (N-methyl/N-ethyl adjacent to an activating group) is 1. The fraction of sp³-hybridized carbons (Fsp3) is 0.524. The number of nitrogens with zero attached hydrogens (tertiary/aromatic N) is 1. The number of benzene rings is 1. The Morgan fingerprint density at radius 3 is 2.23 bits per heavy atom. The summed E-state index contributed by atoms with van der Waals surface area (Å²) in [6.07, 6.45) is -0.727. The van der Waals surface area contributed by atoms with Crippen molar-refractivity contribution in [1.29, 1.82) is 0 Å². The van der Waals surface area contributed by atoms with Crippen molar-refractivity contribution in [2.24, 2.45) is 0 Å². The third-order valence-corrected chi connectivity index (χ3v) is 4.12. The van der Waals surface area contributed by atoms with Gasteiger partial charge in [0, 0.05) is 6.54 Å². The van der Waals surface area contributed by atoms with Crippen molar-refractivity contribution in [2.75, 3.05) is 26.7 Å². The molecular weight excluding hydrogens is 390 g/mol. The zero-order valence-electron chi connectivity index (χ0n) is 18.4. The lowest BCUT2D eigenvalue weighted by Gasteiger charge is -2.31. The molecule has 0 aliphatic carbocycles. The average Bonchev–Trinajstić information content (AvgIpc) is 2.67. The first-order valence-electron chi connectivity index (χ1n) is 9.66. The van der Waals surface area contributed by atoms with E-state index in [9.17, 15) is 19.2 Å². The highest BCUT2D eigenvalue weighted by Gasteiger charge is 2.32. The number of nitrogens with one attached hydrogen (secondary N) is 2. The fourth-order valence-corrected chi connectivity index (χ4v) is 2.74. The van der Waals surface area contributed by atoms with Gasteiger partial charge in [0.05, 0.1) is 7.11 Å². The molecule has 0 aromatic heterocycles. The van der Waals surface area contributed by atoms with Gasteiger partial charge in [0.25, 0.3) is 0 Å². The molecule has 30 heavy (non-hydrogen) atoms. The van der Waals surface area contributed by atoms with Gasteiger partial charge >= 0.3 is 12.1 Å². The van der Waals surface area contributed by atoms with E-state index in [1.165, 1.54) is 12.0 Å². The molecule has 0 aliphatic rings. The minimum atomic E-state index is -0.978. The Hall–Kier alpha value is -3.10. The smallest absolute Gasteiger partial charge is 0.408 e. The number of esters is 1. The Labute approximate surface area is 177 Å². The van der Waals surface area contributed by atoms with E-state index in [1.54, 1.807) is 39.8 Å². The van der Waals surface area contributed by atoms with Crippen LogP contribution >= 0.6 is 0 Å². The van der Waals surface area contributed by atoms with Crippen molar-refractivity contribution in [1.82, 2.24) is 15.5 Å². The van der Waals surface area contributed by atoms with Crippen molar-refractivity contribution in [3.05, 3.63) is 35.4 Å². The fourth-order valence-electron chi connectivity index (χ4n) is 2.74. The summed E-state index contributed by atoms with van der Waals surface area (Å²) >= 11 is 0. The van der Waals surface area contributed by atoms with Gasteiger partial charge in [-0.2, -0.15) is 0 Å². The summed E-state index contributed by atoms with van der Waals surface area (Å²) in [5, 5.41) is 4.92. The van der Waals surface area contributed by atoms with Gasteiger partial charge in [-0.1, -0.05) is 24.3 Å². The Morgan fingerprint density at radius 2 is 1.70 bits per heavy atom. The molecule has 1 aromatic carbocycles. The largest absolute Gasteiger partial charge is 0.468 e. The van der Waals surface area contributed by atoms with Gasteiger partial charge in [0.1, 0.15) is 24.7 Å². The molecule has 9 nitrogen and oxygen atoms in total. The maximum atomic E-state index is 12.9. The lowest BCUT2D eigenvalue weighted by Crippen LogP contribution is -2.48. The topological polar surface area (TPSA) is 114 Å². The van der Waals surface area contributed by atoms with E-state index in [0.29, 0.717) is 5.56 Å². The number of hydrogen-bond donors (Lipinski definition) is 2. The van der Waals surface area contributed by atoms with Crippen LogP contribution in [0.2, 0.25) is 0 Å². The highest BCUT2D eigenvalue weighted by molar-refractivity contribution is 5.92. The third kappa shape index (κ3) is 7.73. The molecule has 2 N–H and O–H groups in total. The summed E-state index contributed by atoms with van der Waals surface area (Å²) in [6.45, 7) is 8.25. The number of carbonyl (C=O) groups is 4. The standard InChI is InChI=1S/C21H31N3O6/c1-7-24(16(25)12-23-20(28)30-21(3,4)5)18(15-11-9-8-10-14(15)2)19(27)22-13-17(26)29-6/h8-11,18H,7,12-13H2,1-6H3,(H,22,27)(H,23,28). The molecule has 1 rings (SSSR count). The van der Waals surface area contributed by atoms with Gasteiger partial charge in [-0.05, 0) is 45.7 Å². The molecule has 0 fully saturated rings. The summed E-state index contributed by atoms with van der Waals surface area (Å²) < 4.78 is 9.69. The predicted molar refractivity (Wildman–Crippen MR) is 111 cm³/mol.